The van der Waals surface area contributed by atoms with E-state index in [1.807, 2.05) is 12.1 Å². The summed E-state index contributed by atoms with van der Waals surface area (Å²) in [6.45, 7) is 3.07. The van der Waals surface area contributed by atoms with Crippen molar-refractivity contribution in [2.45, 2.75) is 6.10 Å². The van der Waals surface area contributed by atoms with E-state index in [2.05, 4.69) is 10.6 Å². The van der Waals surface area contributed by atoms with E-state index in [0.29, 0.717) is 51.0 Å². The second-order valence-electron chi connectivity index (χ2n) is 4.77. The molecule has 1 aromatic carbocycles. The molecule has 122 valence electrons. The van der Waals surface area contributed by atoms with Crippen molar-refractivity contribution in [1.82, 2.24) is 5.32 Å². The molecule has 2 rings (SSSR count). The predicted molar refractivity (Wildman–Crippen MR) is 81.4 cm³/mol. The minimum Gasteiger partial charge on any atom is -0.491 e. The molecule has 7 nitrogen and oxygen atoms in total. The maximum atomic E-state index is 11.8. The first-order valence-electron chi connectivity index (χ1n) is 7.24. The monoisotopic (exact) mass is 310 g/mol. The lowest BCUT2D eigenvalue weighted by Gasteiger charge is -2.23. The van der Waals surface area contributed by atoms with E-state index in [0.717, 1.165) is 0 Å². The van der Waals surface area contributed by atoms with Crippen molar-refractivity contribution in [3.8, 4) is 5.75 Å². The molecule has 0 aliphatic carbocycles. The molecule has 2 amide bonds. The number of hydrogen-bond donors (Lipinski definition) is 2. The third kappa shape index (κ3) is 5.88. The van der Waals surface area contributed by atoms with Crippen LogP contribution in [0.15, 0.2) is 24.3 Å². The second-order valence-corrected chi connectivity index (χ2v) is 4.77. The summed E-state index contributed by atoms with van der Waals surface area (Å²) in [5, 5.41) is 5.51. The fourth-order valence-electron chi connectivity index (χ4n) is 1.94. The quantitative estimate of drug-likeness (QED) is 0.741. The lowest BCUT2D eigenvalue weighted by Crippen LogP contribution is -2.41. The smallest absolute Gasteiger partial charge is 0.319 e. The highest BCUT2D eigenvalue weighted by atomic mass is 16.6. The van der Waals surface area contributed by atoms with Crippen molar-refractivity contribution in [2.75, 3.05) is 52.0 Å². The molecule has 22 heavy (non-hydrogen) atoms. The van der Waals surface area contributed by atoms with Gasteiger partial charge in [0, 0.05) is 25.4 Å². The number of rotatable bonds is 7. The third-order valence-corrected chi connectivity index (χ3v) is 3.02. The predicted octanol–water partition coefficient (Wildman–Crippen LogP) is 1.25. The van der Waals surface area contributed by atoms with Crippen LogP contribution in [0.25, 0.3) is 0 Å². The molecule has 0 aromatic heterocycles. The summed E-state index contributed by atoms with van der Waals surface area (Å²) in [6, 6.07) is 6.91. The van der Waals surface area contributed by atoms with Gasteiger partial charge in [-0.1, -0.05) is 6.07 Å². The van der Waals surface area contributed by atoms with Crippen LogP contribution >= 0.6 is 0 Å². The topological polar surface area (TPSA) is 78.1 Å². The van der Waals surface area contributed by atoms with Crippen LogP contribution < -0.4 is 15.4 Å². The van der Waals surface area contributed by atoms with Gasteiger partial charge in [0.2, 0.25) is 0 Å². The molecule has 1 aromatic rings. The van der Waals surface area contributed by atoms with E-state index < -0.39 is 0 Å². The Morgan fingerprint density at radius 1 is 1.36 bits per heavy atom. The first-order chi connectivity index (χ1) is 10.8. The fraction of sp³-hybridized carbons (Fsp3) is 0.533. The standard InChI is InChI=1S/C15H22N2O5/c1-19-5-7-21-13-4-2-3-12(9-13)17-15(18)16-10-14-11-20-6-8-22-14/h2-4,9,14H,5-8,10-11H2,1H3,(H2,16,17,18)/t14-/m0/s1. The Balaban J connectivity index is 1.74. The summed E-state index contributed by atoms with van der Waals surface area (Å²) >= 11 is 0. The van der Waals surface area contributed by atoms with Gasteiger partial charge in [0.05, 0.1) is 32.5 Å². The Bertz CT molecular complexity index is 463. The van der Waals surface area contributed by atoms with Gasteiger partial charge in [0.1, 0.15) is 12.4 Å². The molecule has 1 fully saturated rings. The SMILES string of the molecule is COCCOc1cccc(NC(=O)NC[C@H]2COCCO2)c1. The molecule has 7 heteroatoms. The van der Waals surface area contributed by atoms with Crippen LogP contribution in [0.4, 0.5) is 10.5 Å². The molecule has 1 heterocycles. The molecule has 1 saturated heterocycles. The second kappa shape index (κ2) is 9.24. The number of methoxy groups -OCH3 is 1. The van der Waals surface area contributed by atoms with E-state index in [1.165, 1.54) is 0 Å². The first-order valence-corrected chi connectivity index (χ1v) is 7.24. The Kier molecular flexibility index (Phi) is 6.95. The number of benzene rings is 1. The molecule has 0 spiro atoms. The number of amides is 2. The van der Waals surface area contributed by atoms with Gasteiger partial charge >= 0.3 is 6.03 Å². The van der Waals surface area contributed by atoms with Crippen molar-refractivity contribution in [1.29, 1.82) is 0 Å². The summed E-state index contributed by atoms with van der Waals surface area (Å²) in [5.41, 5.74) is 0.660. The minimum atomic E-state index is -0.289. The van der Waals surface area contributed by atoms with Crippen LogP contribution in [0.5, 0.6) is 5.75 Å². The van der Waals surface area contributed by atoms with Crippen LogP contribution in [0.2, 0.25) is 0 Å². The number of hydrogen-bond acceptors (Lipinski definition) is 5. The Morgan fingerprint density at radius 2 is 2.27 bits per heavy atom. The maximum absolute atomic E-state index is 11.8. The number of anilines is 1. The maximum Gasteiger partial charge on any atom is 0.319 e. The van der Waals surface area contributed by atoms with E-state index in [1.54, 1.807) is 19.2 Å². The van der Waals surface area contributed by atoms with Crippen molar-refractivity contribution in [3.05, 3.63) is 24.3 Å². The highest BCUT2D eigenvalue weighted by Crippen LogP contribution is 2.17. The van der Waals surface area contributed by atoms with Gasteiger partial charge < -0.3 is 29.6 Å². The molecule has 1 aliphatic heterocycles. The number of urea groups is 1. The average molecular weight is 310 g/mol. The molecule has 1 atom stereocenters. The van der Waals surface area contributed by atoms with Crippen molar-refractivity contribution < 1.29 is 23.7 Å². The summed E-state index contributed by atoms with van der Waals surface area (Å²) < 4.78 is 21.1. The van der Waals surface area contributed by atoms with Gasteiger partial charge in [-0.15, -0.1) is 0 Å². The van der Waals surface area contributed by atoms with Gasteiger partial charge in [-0.05, 0) is 12.1 Å². The van der Waals surface area contributed by atoms with Crippen LogP contribution in [0.1, 0.15) is 0 Å². The minimum absolute atomic E-state index is 0.0942. The van der Waals surface area contributed by atoms with Crippen molar-refractivity contribution in [2.24, 2.45) is 0 Å². The zero-order valence-electron chi connectivity index (χ0n) is 12.7. The lowest BCUT2D eigenvalue weighted by atomic mass is 10.3. The van der Waals surface area contributed by atoms with Crippen molar-refractivity contribution in [3.63, 3.8) is 0 Å². The first kappa shape index (κ1) is 16.5. The van der Waals surface area contributed by atoms with Gasteiger partial charge in [0.15, 0.2) is 0 Å². The molecular formula is C15H22N2O5. The van der Waals surface area contributed by atoms with Crippen LogP contribution in [0, 0.1) is 0 Å². The zero-order chi connectivity index (χ0) is 15.6. The average Bonchev–Trinajstić information content (AvgIpc) is 2.55. The van der Waals surface area contributed by atoms with E-state index in [9.17, 15) is 4.79 Å². The molecule has 0 unspecified atom stereocenters. The van der Waals surface area contributed by atoms with Gasteiger partial charge in [-0.3, -0.25) is 0 Å². The van der Waals surface area contributed by atoms with Gasteiger partial charge in [-0.25, -0.2) is 4.79 Å². The lowest BCUT2D eigenvalue weighted by molar-refractivity contribution is -0.0852. The van der Waals surface area contributed by atoms with Crippen LogP contribution in [0.3, 0.4) is 0 Å². The zero-order valence-corrected chi connectivity index (χ0v) is 12.7. The highest BCUT2D eigenvalue weighted by Gasteiger charge is 2.15. The third-order valence-electron chi connectivity index (χ3n) is 3.02. The highest BCUT2D eigenvalue weighted by molar-refractivity contribution is 5.89. The summed E-state index contributed by atoms with van der Waals surface area (Å²) in [5.74, 6) is 0.680. The van der Waals surface area contributed by atoms with E-state index >= 15 is 0 Å². The molecular weight excluding hydrogens is 288 g/mol. The van der Waals surface area contributed by atoms with Crippen LogP contribution in [-0.4, -0.2) is 58.8 Å². The number of ether oxygens (including phenoxy) is 4. The summed E-state index contributed by atoms with van der Waals surface area (Å²) in [4.78, 5) is 11.8. The molecule has 0 saturated carbocycles. The Labute approximate surface area is 129 Å². The largest absolute Gasteiger partial charge is 0.491 e. The van der Waals surface area contributed by atoms with Gasteiger partial charge in [0.25, 0.3) is 0 Å². The number of nitrogens with one attached hydrogen (secondary N) is 2. The Morgan fingerprint density at radius 3 is 3.05 bits per heavy atom. The molecule has 0 radical (unpaired) electrons. The van der Waals surface area contributed by atoms with Gasteiger partial charge in [-0.2, -0.15) is 0 Å². The number of carbonyl (C=O) groups excluding carboxylic acids is 1. The molecule has 1 aliphatic rings. The molecule has 2 N–H and O–H groups in total. The van der Waals surface area contributed by atoms with E-state index in [4.69, 9.17) is 18.9 Å². The molecule has 0 bridgehead atoms. The van der Waals surface area contributed by atoms with E-state index in [-0.39, 0.29) is 12.1 Å². The summed E-state index contributed by atoms with van der Waals surface area (Å²) in [6.07, 6.45) is -0.0942. The normalized spacial score (nSPS) is 17.8. The Hall–Kier alpha value is -1.83. The number of carbonyl (C=O) groups is 1. The van der Waals surface area contributed by atoms with Crippen molar-refractivity contribution >= 4 is 11.7 Å². The van der Waals surface area contributed by atoms with Crippen LogP contribution in [-0.2, 0) is 14.2 Å². The summed E-state index contributed by atoms with van der Waals surface area (Å²) in [7, 11) is 1.62. The fourth-order valence-corrected chi connectivity index (χ4v) is 1.94.